The molecule has 1 amide bonds. The van der Waals surface area contributed by atoms with Crippen molar-refractivity contribution in [3.8, 4) is 0 Å². The summed E-state index contributed by atoms with van der Waals surface area (Å²) < 4.78 is 5.00. The highest BCUT2D eigenvalue weighted by molar-refractivity contribution is 6.31. The molecule has 1 saturated heterocycles. The fourth-order valence-electron chi connectivity index (χ4n) is 3.20. The standard InChI is InChI=1S/C17H20ClN3O4/c1-2-25-17(24)21-7-5-20(6-8-21)15(16(22)23)13-10-19-14-4-3-11(18)9-12(13)14/h3-4,9-10,15,19H,2,5-8H2,1H3,(H,22,23)/t15-/m1/s1. The number of aromatic amines is 1. The van der Waals surface area contributed by atoms with Gasteiger partial charge in [-0.15, -0.1) is 0 Å². The molecule has 134 valence electrons. The average Bonchev–Trinajstić information content (AvgIpc) is 2.98. The Morgan fingerprint density at radius 3 is 2.68 bits per heavy atom. The number of rotatable bonds is 4. The molecule has 3 rings (SSSR count). The Balaban J connectivity index is 1.82. The van der Waals surface area contributed by atoms with Gasteiger partial charge in [0.1, 0.15) is 6.04 Å². The third kappa shape index (κ3) is 3.57. The Bertz CT molecular complexity index is 783. The van der Waals surface area contributed by atoms with Crippen molar-refractivity contribution in [2.24, 2.45) is 0 Å². The van der Waals surface area contributed by atoms with E-state index in [9.17, 15) is 14.7 Å². The molecule has 7 nitrogen and oxygen atoms in total. The van der Waals surface area contributed by atoms with Crippen LogP contribution in [-0.2, 0) is 9.53 Å². The van der Waals surface area contributed by atoms with Crippen LogP contribution in [0.4, 0.5) is 4.79 Å². The number of hydrogen-bond acceptors (Lipinski definition) is 4. The molecule has 2 N–H and O–H groups in total. The highest BCUT2D eigenvalue weighted by Gasteiger charge is 2.33. The van der Waals surface area contributed by atoms with Crippen LogP contribution < -0.4 is 0 Å². The molecule has 2 heterocycles. The molecular weight excluding hydrogens is 346 g/mol. The van der Waals surface area contributed by atoms with Crippen LogP contribution in [0.2, 0.25) is 5.02 Å². The number of carbonyl (C=O) groups excluding carboxylic acids is 1. The second-order valence-electron chi connectivity index (χ2n) is 5.90. The van der Waals surface area contributed by atoms with Crippen LogP contribution in [0.5, 0.6) is 0 Å². The van der Waals surface area contributed by atoms with E-state index in [1.807, 2.05) is 11.0 Å². The molecule has 25 heavy (non-hydrogen) atoms. The number of nitrogens with one attached hydrogen (secondary N) is 1. The predicted octanol–water partition coefficient (Wildman–Crippen LogP) is 2.72. The summed E-state index contributed by atoms with van der Waals surface area (Å²) in [7, 11) is 0. The summed E-state index contributed by atoms with van der Waals surface area (Å²) in [4.78, 5) is 30.3. The van der Waals surface area contributed by atoms with Crippen molar-refractivity contribution in [3.05, 3.63) is 35.0 Å². The number of hydrogen-bond donors (Lipinski definition) is 2. The summed E-state index contributed by atoms with van der Waals surface area (Å²) in [6.07, 6.45) is 1.37. The van der Waals surface area contributed by atoms with Gasteiger partial charge in [0.15, 0.2) is 0 Å². The Hall–Kier alpha value is -2.25. The van der Waals surface area contributed by atoms with Gasteiger partial charge in [0.05, 0.1) is 6.61 Å². The van der Waals surface area contributed by atoms with Gasteiger partial charge in [0, 0.05) is 53.9 Å². The lowest BCUT2D eigenvalue weighted by Crippen LogP contribution is -2.51. The van der Waals surface area contributed by atoms with Crippen LogP contribution in [-0.4, -0.2) is 64.7 Å². The van der Waals surface area contributed by atoms with E-state index >= 15 is 0 Å². The number of aromatic nitrogens is 1. The van der Waals surface area contributed by atoms with Gasteiger partial charge in [-0.05, 0) is 25.1 Å². The SMILES string of the molecule is CCOC(=O)N1CCN([C@@H](C(=O)O)c2c[nH]c3ccc(Cl)cc23)CC1. The van der Waals surface area contributed by atoms with Crippen molar-refractivity contribution in [1.29, 1.82) is 0 Å². The third-order valence-corrected chi connectivity index (χ3v) is 4.64. The topological polar surface area (TPSA) is 85.9 Å². The van der Waals surface area contributed by atoms with Gasteiger partial charge in [-0.1, -0.05) is 11.6 Å². The first-order valence-corrected chi connectivity index (χ1v) is 8.54. The average molecular weight is 366 g/mol. The minimum atomic E-state index is -0.925. The number of nitrogens with zero attached hydrogens (tertiary/aromatic N) is 2. The molecule has 0 aliphatic carbocycles. The largest absolute Gasteiger partial charge is 0.480 e. The summed E-state index contributed by atoms with van der Waals surface area (Å²) in [5.74, 6) is -0.925. The lowest BCUT2D eigenvalue weighted by molar-refractivity contribution is -0.144. The van der Waals surface area contributed by atoms with Gasteiger partial charge in [-0.25, -0.2) is 4.79 Å². The van der Waals surface area contributed by atoms with E-state index in [-0.39, 0.29) is 6.09 Å². The molecule has 0 unspecified atom stereocenters. The second kappa shape index (κ2) is 7.33. The van der Waals surface area contributed by atoms with E-state index < -0.39 is 12.0 Å². The van der Waals surface area contributed by atoms with E-state index in [1.54, 1.807) is 30.2 Å². The minimum absolute atomic E-state index is 0.326. The fourth-order valence-corrected chi connectivity index (χ4v) is 3.38. The number of aliphatic carboxylic acids is 1. The van der Waals surface area contributed by atoms with Crippen LogP contribution >= 0.6 is 11.6 Å². The van der Waals surface area contributed by atoms with E-state index in [1.165, 1.54) is 0 Å². The van der Waals surface area contributed by atoms with Gasteiger partial charge < -0.3 is 19.7 Å². The lowest BCUT2D eigenvalue weighted by Gasteiger charge is -2.37. The molecular formula is C17H20ClN3O4. The molecule has 0 bridgehead atoms. The van der Waals surface area contributed by atoms with Crippen LogP contribution in [0, 0.1) is 0 Å². The van der Waals surface area contributed by atoms with Gasteiger partial charge in [0.2, 0.25) is 0 Å². The first kappa shape index (κ1) is 17.6. The number of piperazine rings is 1. The monoisotopic (exact) mass is 365 g/mol. The molecule has 2 aromatic rings. The zero-order valence-electron chi connectivity index (χ0n) is 13.9. The normalized spacial score (nSPS) is 16.8. The number of carboxylic acids is 1. The van der Waals surface area contributed by atoms with Crippen LogP contribution in [0.3, 0.4) is 0 Å². The Labute approximate surface area is 150 Å². The van der Waals surface area contributed by atoms with Crippen molar-refractivity contribution in [2.45, 2.75) is 13.0 Å². The summed E-state index contributed by atoms with van der Waals surface area (Å²) in [5, 5.41) is 11.2. The van der Waals surface area contributed by atoms with Crippen molar-refractivity contribution in [2.75, 3.05) is 32.8 Å². The van der Waals surface area contributed by atoms with Gasteiger partial charge in [-0.2, -0.15) is 0 Å². The maximum absolute atomic E-state index is 11.9. The van der Waals surface area contributed by atoms with Gasteiger partial charge in [-0.3, -0.25) is 9.69 Å². The van der Waals surface area contributed by atoms with Crippen molar-refractivity contribution in [3.63, 3.8) is 0 Å². The summed E-state index contributed by atoms with van der Waals surface area (Å²) >= 11 is 6.07. The molecule has 0 spiro atoms. The fraction of sp³-hybridized carbons (Fsp3) is 0.412. The zero-order valence-corrected chi connectivity index (χ0v) is 14.6. The highest BCUT2D eigenvalue weighted by Crippen LogP contribution is 2.31. The number of carboxylic acid groups (broad SMARTS) is 1. The van der Waals surface area contributed by atoms with Gasteiger partial charge in [0.25, 0.3) is 0 Å². The number of ether oxygens (including phenoxy) is 1. The smallest absolute Gasteiger partial charge is 0.409 e. The van der Waals surface area contributed by atoms with E-state index in [0.29, 0.717) is 43.4 Å². The van der Waals surface area contributed by atoms with Crippen LogP contribution in [0.1, 0.15) is 18.5 Å². The van der Waals surface area contributed by atoms with E-state index in [0.717, 1.165) is 10.9 Å². The number of carbonyl (C=O) groups is 2. The molecule has 1 aromatic carbocycles. The number of halogens is 1. The first-order chi connectivity index (χ1) is 12.0. The maximum atomic E-state index is 11.9. The number of amides is 1. The molecule has 1 aliphatic heterocycles. The first-order valence-electron chi connectivity index (χ1n) is 8.16. The molecule has 0 radical (unpaired) electrons. The predicted molar refractivity (Wildman–Crippen MR) is 93.9 cm³/mol. The van der Waals surface area contributed by atoms with Gasteiger partial charge >= 0.3 is 12.1 Å². The van der Waals surface area contributed by atoms with Crippen molar-refractivity contribution >= 4 is 34.6 Å². The van der Waals surface area contributed by atoms with E-state index in [2.05, 4.69) is 4.98 Å². The molecule has 8 heteroatoms. The number of H-pyrrole nitrogens is 1. The molecule has 1 aliphatic rings. The van der Waals surface area contributed by atoms with Crippen molar-refractivity contribution < 1.29 is 19.4 Å². The summed E-state index contributed by atoms with van der Waals surface area (Å²) in [5.41, 5.74) is 1.52. The Morgan fingerprint density at radius 2 is 2.04 bits per heavy atom. The maximum Gasteiger partial charge on any atom is 0.409 e. The minimum Gasteiger partial charge on any atom is -0.480 e. The lowest BCUT2D eigenvalue weighted by atomic mass is 10.0. The molecule has 0 saturated carbocycles. The Kier molecular flexibility index (Phi) is 5.15. The number of benzene rings is 1. The summed E-state index contributed by atoms with van der Waals surface area (Å²) in [6, 6.07) is 4.57. The van der Waals surface area contributed by atoms with Crippen LogP contribution in [0.25, 0.3) is 10.9 Å². The zero-order chi connectivity index (χ0) is 18.0. The van der Waals surface area contributed by atoms with Crippen LogP contribution in [0.15, 0.2) is 24.4 Å². The highest BCUT2D eigenvalue weighted by atomic mass is 35.5. The number of fused-ring (bicyclic) bond motifs is 1. The molecule has 1 atom stereocenters. The second-order valence-corrected chi connectivity index (χ2v) is 6.33. The quantitative estimate of drug-likeness (QED) is 0.870. The molecule has 1 aromatic heterocycles. The summed E-state index contributed by atoms with van der Waals surface area (Å²) in [6.45, 7) is 3.88. The van der Waals surface area contributed by atoms with E-state index in [4.69, 9.17) is 16.3 Å². The Morgan fingerprint density at radius 1 is 1.32 bits per heavy atom. The van der Waals surface area contributed by atoms with Crippen molar-refractivity contribution in [1.82, 2.24) is 14.8 Å². The molecule has 1 fully saturated rings. The third-order valence-electron chi connectivity index (χ3n) is 4.41.